The second kappa shape index (κ2) is 11.5. The molecule has 1 unspecified atom stereocenters. The summed E-state index contributed by atoms with van der Waals surface area (Å²) in [5.41, 5.74) is 1.04. The lowest BCUT2D eigenvalue weighted by molar-refractivity contribution is -0.896. The number of amides is 1. The molecule has 1 fully saturated rings. The standard InChI is InChI=1S/C28H32N2O7/c1-4-29(5-2)13-6-14-30-24(18-7-9-19(10-8-18)28(34)35-3)23(26(32)27(30)33)25(31)20-11-12-21-22(17-20)37-16-15-36-21/h7-12,17,24,31H,4-6,13-16H2,1-3H3/b25-23+. The normalized spacial score (nSPS) is 18.4. The molecule has 2 heterocycles. The van der Waals surface area contributed by atoms with Crippen LogP contribution in [0.5, 0.6) is 11.5 Å². The Morgan fingerprint density at radius 3 is 2.32 bits per heavy atom. The van der Waals surface area contributed by atoms with E-state index in [1.165, 1.54) is 16.9 Å². The van der Waals surface area contributed by atoms with E-state index in [9.17, 15) is 19.5 Å². The van der Waals surface area contributed by atoms with Gasteiger partial charge in [-0.2, -0.15) is 0 Å². The topological polar surface area (TPSA) is 110 Å². The van der Waals surface area contributed by atoms with Crippen molar-refractivity contribution >= 4 is 23.4 Å². The third kappa shape index (κ3) is 5.32. The zero-order valence-corrected chi connectivity index (χ0v) is 21.4. The first kappa shape index (κ1) is 26.2. The summed E-state index contributed by atoms with van der Waals surface area (Å²) in [6.45, 7) is 8.07. The number of fused-ring (bicyclic) bond motifs is 1. The Morgan fingerprint density at radius 1 is 1.03 bits per heavy atom. The molecule has 9 nitrogen and oxygen atoms in total. The van der Waals surface area contributed by atoms with Crippen molar-refractivity contribution in [3.8, 4) is 11.5 Å². The van der Waals surface area contributed by atoms with E-state index < -0.39 is 29.5 Å². The molecule has 1 amide bonds. The van der Waals surface area contributed by atoms with Gasteiger partial charge in [-0.3, -0.25) is 9.59 Å². The number of quaternary nitrogens is 1. The highest BCUT2D eigenvalue weighted by Crippen LogP contribution is 2.40. The lowest BCUT2D eigenvalue weighted by Gasteiger charge is -2.28. The van der Waals surface area contributed by atoms with Crippen molar-refractivity contribution in [3.63, 3.8) is 0 Å². The van der Waals surface area contributed by atoms with E-state index in [4.69, 9.17) is 14.2 Å². The maximum absolute atomic E-state index is 13.7. The van der Waals surface area contributed by atoms with Gasteiger partial charge in [0.05, 0.1) is 38.3 Å². The molecule has 2 aliphatic rings. The van der Waals surface area contributed by atoms with Gasteiger partial charge >= 0.3 is 5.97 Å². The van der Waals surface area contributed by atoms with Gasteiger partial charge in [-0.15, -0.1) is 0 Å². The van der Waals surface area contributed by atoms with Crippen molar-refractivity contribution in [1.29, 1.82) is 0 Å². The van der Waals surface area contributed by atoms with Crippen LogP contribution in [-0.2, 0) is 14.3 Å². The number of esters is 1. The molecule has 0 bridgehead atoms. The van der Waals surface area contributed by atoms with Crippen LogP contribution in [0.2, 0.25) is 0 Å². The van der Waals surface area contributed by atoms with Crippen molar-refractivity contribution in [3.05, 3.63) is 64.7 Å². The number of carbonyl (C=O) groups is 3. The van der Waals surface area contributed by atoms with Crippen molar-refractivity contribution in [2.45, 2.75) is 26.3 Å². The first-order valence-corrected chi connectivity index (χ1v) is 12.6. The Kier molecular flexibility index (Phi) is 8.13. The summed E-state index contributed by atoms with van der Waals surface area (Å²) in [7, 11) is 1.29. The van der Waals surface area contributed by atoms with E-state index in [1.807, 2.05) is 0 Å². The fourth-order valence-corrected chi connectivity index (χ4v) is 4.81. The molecule has 1 N–H and O–H groups in total. The van der Waals surface area contributed by atoms with E-state index >= 15 is 0 Å². The van der Waals surface area contributed by atoms with Gasteiger partial charge in [0, 0.05) is 18.5 Å². The van der Waals surface area contributed by atoms with E-state index in [0.29, 0.717) is 48.8 Å². The molecule has 2 aromatic rings. The maximum atomic E-state index is 13.7. The number of hydrogen-bond acceptors (Lipinski definition) is 7. The summed E-state index contributed by atoms with van der Waals surface area (Å²) >= 11 is 0. The molecule has 4 rings (SSSR count). The molecular formula is C28H32N2O7. The van der Waals surface area contributed by atoms with Gasteiger partial charge in [0.15, 0.2) is 11.5 Å². The van der Waals surface area contributed by atoms with Crippen LogP contribution in [0.3, 0.4) is 0 Å². The van der Waals surface area contributed by atoms with Crippen molar-refractivity contribution in [2.75, 3.05) is 46.5 Å². The minimum Gasteiger partial charge on any atom is -0.872 e. The molecule has 1 atom stereocenters. The number of methoxy groups -OCH3 is 1. The van der Waals surface area contributed by atoms with Crippen molar-refractivity contribution in [2.24, 2.45) is 0 Å². The Morgan fingerprint density at radius 2 is 1.68 bits per heavy atom. The van der Waals surface area contributed by atoms with Crippen molar-refractivity contribution in [1.82, 2.24) is 4.90 Å². The Hall–Kier alpha value is -3.85. The average Bonchev–Trinajstić information content (AvgIpc) is 3.19. The molecular weight excluding hydrogens is 476 g/mol. The van der Waals surface area contributed by atoms with Crippen molar-refractivity contribution < 1.29 is 38.6 Å². The summed E-state index contributed by atoms with van der Waals surface area (Å²) in [5.74, 6) is -1.59. The molecule has 0 aromatic heterocycles. The van der Waals surface area contributed by atoms with Crippen LogP contribution in [0, 0.1) is 0 Å². The number of likely N-dealkylation sites (tertiary alicyclic amines) is 1. The molecule has 2 aromatic carbocycles. The van der Waals surface area contributed by atoms with Gasteiger partial charge in [-0.1, -0.05) is 24.0 Å². The van der Waals surface area contributed by atoms with E-state index in [0.717, 1.165) is 19.6 Å². The highest BCUT2D eigenvalue weighted by atomic mass is 16.6. The van der Waals surface area contributed by atoms with Crippen LogP contribution < -0.4 is 19.5 Å². The zero-order chi connectivity index (χ0) is 26.5. The quantitative estimate of drug-likeness (QED) is 0.231. The second-order valence-corrected chi connectivity index (χ2v) is 9.01. The van der Waals surface area contributed by atoms with Crippen LogP contribution in [0.25, 0.3) is 5.76 Å². The Bertz CT molecular complexity index is 1200. The minimum absolute atomic E-state index is 0.109. The molecule has 0 radical (unpaired) electrons. The average molecular weight is 509 g/mol. The molecule has 196 valence electrons. The monoisotopic (exact) mass is 508 g/mol. The summed E-state index contributed by atoms with van der Waals surface area (Å²) in [6, 6.07) is 10.3. The SMILES string of the molecule is CC[NH+](CC)CCCN1C(=O)C(=O)/C(=C(/[O-])c2ccc3c(c2)OCCO3)C1c1ccc(C(=O)OC)cc1. The van der Waals surface area contributed by atoms with Gasteiger partial charge in [-0.05, 0) is 49.2 Å². The molecule has 0 saturated carbocycles. The summed E-state index contributed by atoms with van der Waals surface area (Å²) in [4.78, 5) is 41.2. The third-order valence-corrected chi connectivity index (χ3v) is 6.91. The Labute approximate surface area is 216 Å². The fraction of sp³-hybridized carbons (Fsp3) is 0.393. The maximum Gasteiger partial charge on any atom is 0.337 e. The lowest BCUT2D eigenvalue weighted by Crippen LogP contribution is -3.11. The predicted octanol–water partition coefficient (Wildman–Crippen LogP) is 0.783. The molecule has 0 aliphatic carbocycles. The highest BCUT2D eigenvalue weighted by molar-refractivity contribution is 6.46. The number of ether oxygens (including phenoxy) is 3. The summed E-state index contributed by atoms with van der Waals surface area (Å²) in [6.07, 6.45) is 0.679. The minimum atomic E-state index is -0.862. The zero-order valence-electron chi connectivity index (χ0n) is 21.4. The number of benzene rings is 2. The lowest BCUT2D eigenvalue weighted by atomic mass is 9.94. The largest absolute Gasteiger partial charge is 0.872 e. The number of hydrogen-bond donors (Lipinski definition) is 1. The van der Waals surface area contributed by atoms with Crippen LogP contribution in [0.1, 0.15) is 47.8 Å². The second-order valence-electron chi connectivity index (χ2n) is 9.01. The first-order valence-electron chi connectivity index (χ1n) is 12.6. The molecule has 2 aliphatic heterocycles. The van der Waals surface area contributed by atoms with Gasteiger partial charge in [0.25, 0.3) is 5.91 Å². The smallest absolute Gasteiger partial charge is 0.337 e. The predicted molar refractivity (Wildman–Crippen MR) is 133 cm³/mol. The number of carbonyl (C=O) groups excluding carboxylic acids is 3. The number of rotatable bonds is 9. The van der Waals surface area contributed by atoms with E-state index in [1.54, 1.807) is 42.5 Å². The highest BCUT2D eigenvalue weighted by Gasteiger charge is 2.44. The molecule has 37 heavy (non-hydrogen) atoms. The van der Waals surface area contributed by atoms with Crippen LogP contribution in [0.4, 0.5) is 0 Å². The van der Waals surface area contributed by atoms with Gasteiger partial charge in [-0.25, -0.2) is 4.79 Å². The van der Waals surface area contributed by atoms with Crippen LogP contribution in [0.15, 0.2) is 48.0 Å². The van der Waals surface area contributed by atoms with Crippen LogP contribution in [-0.4, -0.2) is 69.1 Å². The first-order chi connectivity index (χ1) is 17.9. The van der Waals surface area contributed by atoms with E-state index in [2.05, 4.69) is 13.8 Å². The number of ketones is 1. The fourth-order valence-electron chi connectivity index (χ4n) is 4.81. The molecule has 0 spiro atoms. The third-order valence-electron chi connectivity index (χ3n) is 6.91. The van der Waals surface area contributed by atoms with Gasteiger partial charge < -0.3 is 29.1 Å². The number of Topliss-reactive ketones (excluding diaryl/α,β-unsaturated/α-hetero) is 1. The Balaban J connectivity index is 1.74. The number of nitrogens with zero attached hydrogens (tertiary/aromatic N) is 1. The molecule has 9 heteroatoms. The van der Waals surface area contributed by atoms with E-state index in [-0.39, 0.29) is 11.1 Å². The summed E-state index contributed by atoms with van der Waals surface area (Å²) in [5, 5.41) is 13.7. The summed E-state index contributed by atoms with van der Waals surface area (Å²) < 4.78 is 15.9. The van der Waals surface area contributed by atoms with Gasteiger partial charge in [0.1, 0.15) is 13.2 Å². The van der Waals surface area contributed by atoms with Crippen LogP contribution >= 0.6 is 0 Å². The van der Waals surface area contributed by atoms with Gasteiger partial charge in [0.2, 0.25) is 5.78 Å². The number of nitrogens with one attached hydrogen (secondary N) is 1. The molecule has 1 saturated heterocycles.